The Morgan fingerprint density at radius 2 is 1.21 bits per heavy atom. The van der Waals surface area contributed by atoms with Crippen molar-refractivity contribution in [3.05, 3.63) is 169 Å². The maximum absolute atomic E-state index is 12.7. The Bertz CT molecular complexity index is 2760. The van der Waals surface area contributed by atoms with E-state index < -0.39 is 20.0 Å². The van der Waals surface area contributed by atoms with Crippen molar-refractivity contribution in [1.29, 1.82) is 0 Å². The number of sulfonamides is 2. The molecule has 17 heteroatoms. The first kappa shape index (κ1) is 39.7. The molecule has 0 atom stereocenters. The van der Waals surface area contributed by atoms with E-state index in [0.717, 1.165) is 5.56 Å². The van der Waals surface area contributed by atoms with Crippen LogP contribution in [0.25, 0.3) is 23.2 Å². The Morgan fingerprint density at radius 1 is 0.614 bits per heavy atom. The summed E-state index contributed by atoms with van der Waals surface area (Å²) < 4.78 is 64.5. The second-order valence-electron chi connectivity index (χ2n) is 11.7. The number of benzene rings is 4. The van der Waals surface area contributed by atoms with Crippen molar-refractivity contribution in [2.75, 3.05) is 20.1 Å². The third-order valence-electron chi connectivity index (χ3n) is 7.53. The first-order chi connectivity index (χ1) is 27.4. The van der Waals surface area contributed by atoms with Crippen LogP contribution in [0.15, 0.2) is 171 Å². The fraction of sp³-hybridized carbons (Fsp3) is 0. The summed E-state index contributed by atoms with van der Waals surface area (Å²) in [5.74, 6) is 0.0825. The van der Waals surface area contributed by atoms with Crippen LogP contribution < -0.4 is 20.1 Å². The highest BCUT2D eigenvalue weighted by molar-refractivity contribution is 7.93. The van der Waals surface area contributed by atoms with E-state index in [-0.39, 0.29) is 33.3 Å². The summed E-state index contributed by atoms with van der Waals surface area (Å²) in [6.45, 7) is 0. The second-order valence-corrected chi connectivity index (χ2v) is 15.5. The molecule has 0 aliphatic rings. The minimum Gasteiger partial charge on any atom is -0.465 e. The number of furan rings is 2. The van der Waals surface area contributed by atoms with Crippen molar-refractivity contribution in [2.45, 2.75) is 9.79 Å². The van der Waals surface area contributed by atoms with Crippen molar-refractivity contribution in [2.24, 2.45) is 0 Å². The van der Waals surface area contributed by atoms with Crippen LogP contribution in [-0.2, 0) is 29.6 Å². The van der Waals surface area contributed by atoms with Crippen molar-refractivity contribution >= 4 is 89.7 Å². The van der Waals surface area contributed by atoms with Crippen LogP contribution in [-0.4, -0.2) is 38.6 Å². The summed E-state index contributed by atoms with van der Waals surface area (Å²) in [6, 6.07) is 32.3. The van der Waals surface area contributed by atoms with Crippen LogP contribution in [0, 0.1) is 0 Å². The molecule has 3 aromatic heterocycles. The van der Waals surface area contributed by atoms with Gasteiger partial charge < -0.3 is 19.5 Å². The molecule has 0 saturated carbocycles. The highest BCUT2D eigenvalue weighted by Crippen LogP contribution is 2.21. The van der Waals surface area contributed by atoms with Crippen LogP contribution in [0.5, 0.6) is 0 Å². The Hall–Kier alpha value is -7.01. The first-order valence-corrected chi connectivity index (χ1v) is 20.0. The van der Waals surface area contributed by atoms with Crippen LogP contribution >= 0.6 is 11.6 Å². The van der Waals surface area contributed by atoms with Crippen molar-refractivity contribution in [3.8, 4) is 0 Å². The number of hydrogen-bond donors (Lipinski definition) is 4. The lowest BCUT2D eigenvalue weighted by atomic mass is 10.2. The van der Waals surface area contributed by atoms with Gasteiger partial charge in [0.2, 0.25) is 17.7 Å². The van der Waals surface area contributed by atoms with Gasteiger partial charge in [0.1, 0.15) is 5.76 Å². The number of halogens is 1. The first-order valence-electron chi connectivity index (χ1n) is 16.7. The third-order valence-corrected chi connectivity index (χ3v) is 10.5. The summed E-state index contributed by atoms with van der Waals surface area (Å²) in [4.78, 5) is 32.5. The lowest BCUT2D eigenvalue weighted by Crippen LogP contribution is -2.14. The number of hydrogen-bond acceptors (Lipinski definition) is 10. The SMILES string of the molecule is O=C(/C=C/c1cccc(Cl)c1)Nc1ccc(S(=O)(=O)Nc2cnc3ccccc3n2)cc1.O=C(/C=C/c1ccco1)Nc1ccc(S(=O)(=O)Nc2ccco2)cc1. The molecule has 0 spiro atoms. The van der Waals surface area contributed by atoms with Gasteiger partial charge in [0.15, 0.2) is 5.82 Å². The van der Waals surface area contributed by atoms with E-state index in [2.05, 4.69) is 30.0 Å². The number of amides is 2. The fourth-order valence-corrected chi connectivity index (χ4v) is 7.04. The zero-order valence-corrected chi connectivity index (χ0v) is 31.8. The molecular formula is C40H31ClN6O8S2. The molecule has 7 aromatic rings. The van der Waals surface area contributed by atoms with Gasteiger partial charge in [-0.05, 0) is 109 Å². The van der Waals surface area contributed by atoms with E-state index in [1.54, 1.807) is 60.7 Å². The molecule has 14 nitrogen and oxygen atoms in total. The molecule has 0 bridgehead atoms. The Morgan fingerprint density at radius 3 is 1.81 bits per heavy atom. The molecule has 288 valence electrons. The van der Waals surface area contributed by atoms with E-state index in [0.29, 0.717) is 33.2 Å². The molecule has 0 aliphatic carbocycles. The standard InChI is InChI=1S/C23H17ClN4O3S.C17H14N2O5S/c24-17-5-3-4-16(14-17)8-13-23(29)26-18-9-11-19(12-10-18)32(30,31)28-22-15-25-20-6-1-2-7-21(20)27-22;20-16(10-7-14-3-1-11-23-14)18-13-5-8-15(9-6-13)25(21,22)19-17-4-2-12-24-17/h1-15H,(H,26,29)(H,27,28);1-12,19H,(H,18,20)/b13-8+;10-7+. The van der Waals surface area contributed by atoms with Gasteiger partial charge in [0, 0.05) is 34.6 Å². The van der Waals surface area contributed by atoms with Gasteiger partial charge in [-0.3, -0.25) is 19.3 Å². The van der Waals surface area contributed by atoms with Gasteiger partial charge >= 0.3 is 0 Å². The summed E-state index contributed by atoms with van der Waals surface area (Å²) in [5, 5.41) is 5.88. The molecule has 7 rings (SSSR count). The van der Waals surface area contributed by atoms with Crippen molar-refractivity contribution in [1.82, 2.24) is 9.97 Å². The highest BCUT2D eigenvalue weighted by atomic mass is 35.5. The molecule has 3 heterocycles. The lowest BCUT2D eigenvalue weighted by molar-refractivity contribution is -0.112. The smallest absolute Gasteiger partial charge is 0.264 e. The van der Waals surface area contributed by atoms with E-state index in [1.807, 2.05) is 12.1 Å². The maximum atomic E-state index is 12.7. The lowest BCUT2D eigenvalue weighted by Gasteiger charge is -2.09. The van der Waals surface area contributed by atoms with Crippen molar-refractivity contribution in [3.63, 3.8) is 0 Å². The number of fused-ring (bicyclic) bond motifs is 1. The second kappa shape index (κ2) is 18.1. The summed E-state index contributed by atoms with van der Waals surface area (Å²) in [6.07, 6.45) is 10.1. The minimum atomic E-state index is -3.87. The average Bonchev–Trinajstić information content (AvgIpc) is 3.92. The fourth-order valence-electron chi connectivity index (χ4n) is 4.86. The van der Waals surface area contributed by atoms with Crippen molar-refractivity contribution < 1.29 is 35.3 Å². The van der Waals surface area contributed by atoms with Gasteiger partial charge in [0.25, 0.3) is 20.0 Å². The molecule has 0 fully saturated rings. The van der Waals surface area contributed by atoms with E-state index >= 15 is 0 Å². The van der Waals surface area contributed by atoms with E-state index in [1.165, 1.54) is 91.5 Å². The molecule has 0 unspecified atom stereocenters. The molecule has 4 aromatic carbocycles. The quantitative estimate of drug-likeness (QED) is 0.0873. The Kier molecular flexibility index (Phi) is 12.6. The van der Waals surface area contributed by atoms with Gasteiger partial charge in [-0.2, -0.15) is 0 Å². The molecule has 2 amide bonds. The molecule has 0 saturated heterocycles. The maximum Gasteiger partial charge on any atom is 0.264 e. The van der Waals surface area contributed by atoms with Gasteiger partial charge in [0.05, 0.1) is 39.5 Å². The number of nitrogens with one attached hydrogen (secondary N) is 4. The van der Waals surface area contributed by atoms with Gasteiger partial charge in [-0.1, -0.05) is 35.9 Å². The number of rotatable bonds is 12. The summed E-state index contributed by atoms with van der Waals surface area (Å²) >= 11 is 5.92. The summed E-state index contributed by atoms with van der Waals surface area (Å²) in [7, 11) is -7.62. The monoisotopic (exact) mass is 822 g/mol. The molecule has 4 N–H and O–H groups in total. The minimum absolute atomic E-state index is 0.0277. The van der Waals surface area contributed by atoms with Crippen LogP contribution in [0.1, 0.15) is 11.3 Å². The number of carbonyl (C=O) groups excluding carboxylic acids is 2. The number of anilines is 4. The summed E-state index contributed by atoms with van der Waals surface area (Å²) in [5.41, 5.74) is 2.95. The number of para-hydroxylation sites is 2. The van der Waals surface area contributed by atoms with Gasteiger partial charge in [-0.25, -0.2) is 26.5 Å². The predicted octanol–water partition coefficient (Wildman–Crippen LogP) is 8.06. The van der Waals surface area contributed by atoms with Gasteiger partial charge in [-0.15, -0.1) is 0 Å². The van der Waals surface area contributed by atoms with Crippen LogP contribution in [0.3, 0.4) is 0 Å². The highest BCUT2D eigenvalue weighted by Gasteiger charge is 2.17. The molecule has 57 heavy (non-hydrogen) atoms. The zero-order valence-electron chi connectivity index (χ0n) is 29.4. The number of aromatic nitrogens is 2. The molecular weight excluding hydrogens is 792 g/mol. The van der Waals surface area contributed by atoms with Crippen LogP contribution in [0.4, 0.5) is 23.1 Å². The molecule has 0 aliphatic heterocycles. The van der Waals surface area contributed by atoms with E-state index in [9.17, 15) is 26.4 Å². The topological polar surface area (TPSA) is 203 Å². The number of nitrogens with zero attached hydrogens (tertiary/aromatic N) is 2. The molecule has 0 radical (unpaired) electrons. The normalized spacial score (nSPS) is 11.5. The number of carbonyl (C=O) groups is 2. The zero-order chi connectivity index (χ0) is 40.3. The Labute approximate surface area is 332 Å². The third kappa shape index (κ3) is 11.5. The van der Waals surface area contributed by atoms with E-state index in [4.69, 9.17) is 20.4 Å². The van der Waals surface area contributed by atoms with Crippen LogP contribution in [0.2, 0.25) is 5.02 Å². The largest absolute Gasteiger partial charge is 0.465 e. The predicted molar refractivity (Wildman–Crippen MR) is 218 cm³/mol. The average molecular weight is 823 g/mol. The Balaban J connectivity index is 0.000000199.